The Bertz CT molecular complexity index is 695. The molecule has 0 unspecified atom stereocenters. The van der Waals surface area contributed by atoms with Gasteiger partial charge in [0.05, 0.1) is 5.52 Å². The van der Waals surface area contributed by atoms with Crippen LogP contribution in [-0.2, 0) is 9.53 Å². The summed E-state index contributed by atoms with van der Waals surface area (Å²) in [7, 11) is 0. The summed E-state index contributed by atoms with van der Waals surface area (Å²) in [5.41, 5.74) is 0.932. The Labute approximate surface area is 122 Å². The van der Waals surface area contributed by atoms with Gasteiger partial charge in [-0.05, 0) is 31.9 Å². The molecule has 0 spiro atoms. The summed E-state index contributed by atoms with van der Waals surface area (Å²) in [5, 5.41) is 3.76. The fourth-order valence-electron chi connectivity index (χ4n) is 2.00. The number of rotatable bonds is 4. The molecule has 1 aromatic heterocycles. The van der Waals surface area contributed by atoms with Crippen LogP contribution in [0.4, 0.5) is 0 Å². The van der Waals surface area contributed by atoms with Gasteiger partial charge in [-0.3, -0.25) is 4.79 Å². The van der Waals surface area contributed by atoms with Crippen LogP contribution in [0.5, 0.6) is 0 Å². The van der Waals surface area contributed by atoms with Crippen molar-refractivity contribution in [3.8, 4) is 0 Å². The van der Waals surface area contributed by atoms with Gasteiger partial charge in [0, 0.05) is 11.4 Å². The van der Waals surface area contributed by atoms with Gasteiger partial charge < -0.3 is 10.1 Å². The topological polar surface area (TPSA) is 68.3 Å². The molecule has 5 heteroatoms. The maximum atomic E-state index is 12.0. The first-order chi connectivity index (χ1) is 10.1. The van der Waals surface area contributed by atoms with E-state index >= 15 is 0 Å². The normalized spacial score (nSPS) is 15.5. The Morgan fingerprint density at radius 1 is 1.24 bits per heavy atom. The van der Waals surface area contributed by atoms with Crippen molar-refractivity contribution < 1.29 is 14.3 Å². The first kappa shape index (κ1) is 13.5. The minimum atomic E-state index is -0.814. The number of ether oxygens (including phenoxy) is 1. The Kier molecular flexibility index (Phi) is 3.56. The number of hydrogen-bond donors (Lipinski definition) is 1. The van der Waals surface area contributed by atoms with E-state index in [1.807, 2.05) is 30.3 Å². The van der Waals surface area contributed by atoms with Crippen molar-refractivity contribution in [1.82, 2.24) is 10.3 Å². The van der Waals surface area contributed by atoms with Crippen LogP contribution in [0, 0.1) is 0 Å². The molecule has 1 aliphatic rings. The van der Waals surface area contributed by atoms with E-state index in [1.165, 1.54) is 0 Å². The number of carbonyl (C=O) groups is 2. The predicted octanol–water partition coefficient (Wildman–Crippen LogP) is 2.06. The molecule has 0 aliphatic heterocycles. The quantitative estimate of drug-likeness (QED) is 0.873. The number of pyridine rings is 1. The third kappa shape index (κ3) is 3.18. The van der Waals surface area contributed by atoms with Gasteiger partial charge in [-0.15, -0.1) is 0 Å². The van der Waals surface area contributed by atoms with Gasteiger partial charge in [0.25, 0.3) is 5.91 Å². The van der Waals surface area contributed by atoms with E-state index in [1.54, 1.807) is 13.0 Å². The maximum Gasteiger partial charge on any atom is 0.357 e. The lowest BCUT2D eigenvalue weighted by molar-refractivity contribution is -0.129. The zero-order chi connectivity index (χ0) is 14.8. The molecule has 0 bridgehead atoms. The molecule has 1 aliphatic carbocycles. The van der Waals surface area contributed by atoms with Crippen molar-refractivity contribution in [1.29, 1.82) is 0 Å². The second-order valence-electron chi connectivity index (χ2n) is 5.22. The van der Waals surface area contributed by atoms with Crippen LogP contribution in [0.3, 0.4) is 0 Å². The van der Waals surface area contributed by atoms with Crippen LogP contribution in [0.2, 0.25) is 0 Å². The number of nitrogens with zero attached hydrogens (tertiary/aromatic N) is 1. The van der Waals surface area contributed by atoms with Gasteiger partial charge in [0.1, 0.15) is 5.69 Å². The van der Waals surface area contributed by atoms with Crippen LogP contribution in [0.15, 0.2) is 36.4 Å². The molecule has 1 fully saturated rings. The zero-order valence-corrected chi connectivity index (χ0v) is 11.7. The average Bonchev–Trinajstić information content (AvgIpc) is 3.30. The summed E-state index contributed by atoms with van der Waals surface area (Å²) >= 11 is 0. The van der Waals surface area contributed by atoms with Crippen molar-refractivity contribution >= 4 is 22.8 Å². The monoisotopic (exact) mass is 284 g/mol. The molecule has 1 N–H and O–H groups in total. The fraction of sp³-hybridized carbons (Fsp3) is 0.312. The predicted molar refractivity (Wildman–Crippen MR) is 77.8 cm³/mol. The number of hydrogen-bond acceptors (Lipinski definition) is 4. The van der Waals surface area contributed by atoms with Crippen LogP contribution < -0.4 is 5.32 Å². The highest BCUT2D eigenvalue weighted by Gasteiger charge is 2.27. The summed E-state index contributed by atoms with van der Waals surface area (Å²) in [5.74, 6) is -0.842. The van der Waals surface area contributed by atoms with Crippen LogP contribution in [0.25, 0.3) is 10.9 Å². The number of fused-ring (bicyclic) bond motifs is 1. The molecular weight excluding hydrogens is 268 g/mol. The lowest BCUT2D eigenvalue weighted by Gasteiger charge is -2.13. The van der Waals surface area contributed by atoms with E-state index in [0.717, 1.165) is 23.7 Å². The Morgan fingerprint density at radius 3 is 2.76 bits per heavy atom. The molecule has 2 aromatic rings. The minimum Gasteiger partial charge on any atom is -0.448 e. The van der Waals surface area contributed by atoms with E-state index < -0.39 is 12.1 Å². The molecule has 1 atom stereocenters. The smallest absolute Gasteiger partial charge is 0.357 e. The van der Waals surface area contributed by atoms with Crippen molar-refractivity contribution in [2.75, 3.05) is 0 Å². The van der Waals surface area contributed by atoms with Gasteiger partial charge in [-0.2, -0.15) is 0 Å². The standard InChI is InChI=1S/C16H16N2O3/c1-10(15(19)17-12-7-8-12)21-16(20)14-9-6-11-4-2-3-5-13(11)18-14/h2-6,9-10,12H,7-8H2,1H3,(H,17,19)/t10-/m1/s1. The Hall–Kier alpha value is -2.43. The number of para-hydroxylation sites is 1. The molecule has 5 nitrogen and oxygen atoms in total. The summed E-state index contributed by atoms with van der Waals surface area (Å²) in [4.78, 5) is 28.1. The van der Waals surface area contributed by atoms with Gasteiger partial charge in [-0.25, -0.2) is 9.78 Å². The van der Waals surface area contributed by atoms with Crippen LogP contribution in [0.1, 0.15) is 30.3 Å². The molecular formula is C16H16N2O3. The number of aromatic nitrogens is 1. The number of amides is 1. The summed E-state index contributed by atoms with van der Waals surface area (Å²) in [6.45, 7) is 1.57. The second kappa shape index (κ2) is 5.52. The Morgan fingerprint density at radius 2 is 2.00 bits per heavy atom. The van der Waals surface area contributed by atoms with E-state index in [4.69, 9.17) is 4.74 Å². The van der Waals surface area contributed by atoms with Gasteiger partial charge in [0.15, 0.2) is 6.10 Å². The molecule has 0 saturated heterocycles. The number of esters is 1. The third-order valence-corrected chi connectivity index (χ3v) is 3.38. The largest absolute Gasteiger partial charge is 0.448 e. The molecule has 108 valence electrons. The molecule has 1 heterocycles. The van der Waals surface area contributed by atoms with Crippen molar-refractivity contribution in [3.63, 3.8) is 0 Å². The second-order valence-corrected chi connectivity index (χ2v) is 5.22. The first-order valence-electron chi connectivity index (χ1n) is 7.00. The average molecular weight is 284 g/mol. The molecule has 1 amide bonds. The zero-order valence-electron chi connectivity index (χ0n) is 11.7. The summed E-state index contributed by atoms with van der Waals surface area (Å²) < 4.78 is 5.16. The lowest BCUT2D eigenvalue weighted by atomic mass is 10.2. The highest BCUT2D eigenvalue weighted by molar-refractivity contribution is 5.93. The maximum absolute atomic E-state index is 12.0. The number of carbonyl (C=O) groups excluding carboxylic acids is 2. The van der Waals surface area contributed by atoms with E-state index in [2.05, 4.69) is 10.3 Å². The van der Waals surface area contributed by atoms with Gasteiger partial charge >= 0.3 is 5.97 Å². The van der Waals surface area contributed by atoms with Gasteiger partial charge in [-0.1, -0.05) is 24.3 Å². The highest BCUT2D eigenvalue weighted by atomic mass is 16.5. The van der Waals surface area contributed by atoms with Crippen LogP contribution in [-0.4, -0.2) is 29.0 Å². The van der Waals surface area contributed by atoms with E-state index in [-0.39, 0.29) is 17.6 Å². The molecule has 21 heavy (non-hydrogen) atoms. The Balaban J connectivity index is 1.69. The summed E-state index contributed by atoms with van der Waals surface area (Å²) in [6.07, 6.45) is 1.18. The molecule has 3 rings (SSSR count). The number of nitrogens with one attached hydrogen (secondary N) is 1. The lowest BCUT2D eigenvalue weighted by Crippen LogP contribution is -2.37. The molecule has 1 aromatic carbocycles. The first-order valence-corrected chi connectivity index (χ1v) is 7.00. The minimum absolute atomic E-state index is 0.208. The van der Waals surface area contributed by atoms with Crippen molar-refractivity contribution in [3.05, 3.63) is 42.1 Å². The highest BCUT2D eigenvalue weighted by Crippen LogP contribution is 2.19. The van der Waals surface area contributed by atoms with Gasteiger partial charge in [0.2, 0.25) is 0 Å². The molecule has 0 radical (unpaired) electrons. The van der Waals surface area contributed by atoms with Crippen molar-refractivity contribution in [2.24, 2.45) is 0 Å². The van der Waals surface area contributed by atoms with Crippen LogP contribution >= 0.6 is 0 Å². The SMILES string of the molecule is C[C@@H](OC(=O)c1ccc2ccccc2n1)C(=O)NC1CC1. The fourth-order valence-corrected chi connectivity index (χ4v) is 2.00. The third-order valence-electron chi connectivity index (χ3n) is 3.38. The van der Waals surface area contributed by atoms with E-state index in [9.17, 15) is 9.59 Å². The van der Waals surface area contributed by atoms with Crippen molar-refractivity contribution in [2.45, 2.75) is 31.9 Å². The van der Waals surface area contributed by atoms with E-state index in [0.29, 0.717) is 0 Å². The summed E-state index contributed by atoms with van der Waals surface area (Å²) in [6, 6.07) is 11.2. The molecule has 1 saturated carbocycles. The number of benzene rings is 1.